The minimum atomic E-state index is 0. The lowest BCUT2D eigenvalue weighted by molar-refractivity contribution is 0.0529. The predicted molar refractivity (Wildman–Crippen MR) is 90.3 cm³/mol. The Morgan fingerprint density at radius 1 is 1.38 bits per heavy atom. The lowest BCUT2D eigenvalue weighted by Crippen LogP contribution is -2.51. The van der Waals surface area contributed by atoms with Gasteiger partial charge in [-0.2, -0.15) is 0 Å². The number of piperidine rings is 1. The smallest absolute Gasteiger partial charge is 0.115 e. The van der Waals surface area contributed by atoms with Crippen LogP contribution >= 0.6 is 12.4 Å². The van der Waals surface area contributed by atoms with Gasteiger partial charge in [0.1, 0.15) is 5.75 Å². The monoisotopic (exact) mass is 307 g/mol. The van der Waals surface area contributed by atoms with Crippen molar-refractivity contribution in [3.05, 3.63) is 42.5 Å². The number of phenolic OH excluding ortho intramolecular Hbond substituents is 1. The van der Waals surface area contributed by atoms with Gasteiger partial charge in [-0.25, -0.2) is 0 Å². The van der Waals surface area contributed by atoms with Gasteiger partial charge >= 0.3 is 0 Å². The van der Waals surface area contributed by atoms with E-state index >= 15 is 0 Å². The van der Waals surface area contributed by atoms with Crippen LogP contribution in [0.4, 0.5) is 0 Å². The van der Waals surface area contributed by atoms with Crippen LogP contribution in [0, 0.1) is 0 Å². The Kier molecular flexibility index (Phi) is 5.34. The van der Waals surface area contributed by atoms with Crippen LogP contribution in [0.1, 0.15) is 44.1 Å². The van der Waals surface area contributed by atoms with E-state index in [2.05, 4.69) is 17.5 Å². The van der Waals surface area contributed by atoms with Crippen molar-refractivity contribution in [3.63, 3.8) is 0 Å². The van der Waals surface area contributed by atoms with Crippen LogP contribution in [0.2, 0.25) is 0 Å². The fourth-order valence-corrected chi connectivity index (χ4v) is 4.20. The number of aromatic hydroxyl groups is 1. The van der Waals surface area contributed by atoms with E-state index in [9.17, 15) is 5.11 Å². The molecule has 1 saturated heterocycles. The second kappa shape index (κ2) is 6.85. The fourth-order valence-electron chi connectivity index (χ4n) is 4.20. The summed E-state index contributed by atoms with van der Waals surface area (Å²) < 4.78 is 0. The van der Waals surface area contributed by atoms with Crippen molar-refractivity contribution < 1.29 is 5.11 Å². The summed E-state index contributed by atoms with van der Waals surface area (Å²) >= 11 is 0. The molecule has 1 heterocycles. The molecule has 0 aromatic heterocycles. The van der Waals surface area contributed by atoms with Crippen LogP contribution in [0.15, 0.2) is 36.9 Å². The van der Waals surface area contributed by atoms with E-state index in [-0.39, 0.29) is 12.4 Å². The Balaban J connectivity index is 0.00000161. The first-order chi connectivity index (χ1) is 9.73. The second-order valence-electron chi connectivity index (χ2n) is 6.44. The number of nitrogens with zero attached hydrogens (tertiary/aromatic N) is 1. The SMILES string of the molecule is C=CCCN1CC[C@@]2(c3cccc(O)c3)CCC[C@@H]1C2.Cl. The molecule has 1 saturated carbocycles. The van der Waals surface area contributed by atoms with Crippen LogP contribution in [-0.4, -0.2) is 29.1 Å². The highest BCUT2D eigenvalue weighted by Gasteiger charge is 2.43. The molecular weight excluding hydrogens is 282 g/mol. The average molecular weight is 308 g/mol. The highest BCUT2D eigenvalue weighted by molar-refractivity contribution is 5.85. The molecule has 1 aromatic rings. The largest absolute Gasteiger partial charge is 0.508 e. The molecule has 0 spiro atoms. The standard InChI is InChI=1S/C18H25NO.ClH/c1-2-3-11-19-12-10-18(9-5-7-16(19)14-18)15-6-4-8-17(20)13-15;/h2,4,6,8,13,16,20H,1,3,5,7,9-12,14H2;1H/t16-,18+;/m1./s1. The summed E-state index contributed by atoms with van der Waals surface area (Å²) in [6, 6.07) is 8.69. The lowest BCUT2D eigenvalue weighted by Gasteiger charge is -2.51. The zero-order valence-corrected chi connectivity index (χ0v) is 13.4. The number of benzene rings is 1. The van der Waals surface area contributed by atoms with Gasteiger partial charge in [0.2, 0.25) is 0 Å². The van der Waals surface area contributed by atoms with Gasteiger partial charge in [-0.15, -0.1) is 19.0 Å². The maximum Gasteiger partial charge on any atom is 0.115 e. The Labute approximate surface area is 134 Å². The topological polar surface area (TPSA) is 23.5 Å². The first-order valence-electron chi connectivity index (χ1n) is 7.88. The van der Waals surface area contributed by atoms with Crippen LogP contribution in [0.3, 0.4) is 0 Å². The van der Waals surface area contributed by atoms with Crippen molar-refractivity contribution in [2.24, 2.45) is 0 Å². The number of phenols is 1. The Morgan fingerprint density at radius 3 is 3.00 bits per heavy atom. The van der Waals surface area contributed by atoms with E-state index in [0.29, 0.717) is 11.2 Å². The van der Waals surface area contributed by atoms with E-state index in [0.717, 1.165) is 19.0 Å². The van der Waals surface area contributed by atoms with E-state index in [1.165, 1.54) is 44.2 Å². The predicted octanol–water partition coefficient (Wildman–Crippen LogP) is 4.28. The van der Waals surface area contributed by atoms with Crippen molar-refractivity contribution in [2.75, 3.05) is 13.1 Å². The molecular formula is C18H26ClNO. The van der Waals surface area contributed by atoms with Crippen LogP contribution in [0.25, 0.3) is 0 Å². The minimum absolute atomic E-state index is 0. The molecule has 1 aliphatic carbocycles. The van der Waals surface area contributed by atoms with Gasteiger partial charge in [0.25, 0.3) is 0 Å². The zero-order valence-electron chi connectivity index (χ0n) is 12.6. The normalized spacial score (nSPS) is 28.7. The third-order valence-electron chi connectivity index (χ3n) is 5.29. The first-order valence-corrected chi connectivity index (χ1v) is 7.88. The van der Waals surface area contributed by atoms with Gasteiger partial charge in [0, 0.05) is 12.6 Å². The summed E-state index contributed by atoms with van der Waals surface area (Å²) in [6.45, 7) is 6.19. The number of hydrogen-bond acceptors (Lipinski definition) is 2. The molecule has 0 unspecified atom stereocenters. The Hall–Kier alpha value is -0.990. The number of hydrogen-bond donors (Lipinski definition) is 1. The molecule has 2 aliphatic rings. The van der Waals surface area contributed by atoms with E-state index in [1.54, 1.807) is 6.07 Å². The summed E-state index contributed by atoms with van der Waals surface area (Å²) in [5.74, 6) is 0.410. The van der Waals surface area contributed by atoms with Gasteiger partial charge in [-0.3, -0.25) is 0 Å². The molecule has 3 heteroatoms. The van der Waals surface area contributed by atoms with Crippen molar-refractivity contribution >= 4 is 12.4 Å². The van der Waals surface area contributed by atoms with E-state index < -0.39 is 0 Å². The molecule has 2 nitrogen and oxygen atoms in total. The van der Waals surface area contributed by atoms with Crippen LogP contribution in [0.5, 0.6) is 5.75 Å². The maximum absolute atomic E-state index is 9.78. The van der Waals surface area contributed by atoms with Gasteiger partial charge in [-0.1, -0.05) is 24.6 Å². The highest BCUT2D eigenvalue weighted by Crippen LogP contribution is 2.47. The van der Waals surface area contributed by atoms with Gasteiger partial charge in [-0.05, 0) is 61.8 Å². The molecule has 21 heavy (non-hydrogen) atoms. The van der Waals surface area contributed by atoms with Crippen molar-refractivity contribution in [1.29, 1.82) is 0 Å². The third kappa shape index (κ3) is 3.27. The molecule has 2 atom stereocenters. The summed E-state index contributed by atoms with van der Waals surface area (Å²) in [4.78, 5) is 2.65. The molecule has 3 rings (SSSR count). The number of halogens is 1. The average Bonchev–Trinajstić information content (AvgIpc) is 2.47. The molecule has 1 aromatic carbocycles. The molecule has 1 aliphatic heterocycles. The highest BCUT2D eigenvalue weighted by atomic mass is 35.5. The van der Waals surface area contributed by atoms with E-state index in [4.69, 9.17) is 0 Å². The molecule has 0 radical (unpaired) electrons. The Bertz CT molecular complexity index is 490. The first kappa shape index (κ1) is 16.4. The lowest BCUT2D eigenvalue weighted by atomic mass is 9.63. The molecule has 2 fully saturated rings. The van der Waals surface area contributed by atoms with E-state index in [1.807, 2.05) is 18.2 Å². The molecule has 116 valence electrons. The summed E-state index contributed by atoms with van der Waals surface area (Å²) in [5.41, 5.74) is 1.66. The van der Waals surface area contributed by atoms with Crippen molar-refractivity contribution in [1.82, 2.24) is 4.90 Å². The van der Waals surface area contributed by atoms with Crippen LogP contribution < -0.4 is 0 Å². The fraction of sp³-hybridized carbons (Fsp3) is 0.556. The number of rotatable bonds is 4. The van der Waals surface area contributed by atoms with Gasteiger partial charge in [0.05, 0.1) is 0 Å². The van der Waals surface area contributed by atoms with Crippen LogP contribution in [-0.2, 0) is 5.41 Å². The van der Waals surface area contributed by atoms with Gasteiger partial charge < -0.3 is 10.0 Å². The summed E-state index contributed by atoms with van der Waals surface area (Å²) in [7, 11) is 0. The quantitative estimate of drug-likeness (QED) is 0.839. The minimum Gasteiger partial charge on any atom is -0.508 e. The zero-order chi connectivity index (χ0) is 14.0. The van der Waals surface area contributed by atoms with Crippen molar-refractivity contribution in [3.8, 4) is 5.75 Å². The van der Waals surface area contributed by atoms with Gasteiger partial charge in [0.15, 0.2) is 0 Å². The molecule has 2 bridgehead atoms. The second-order valence-corrected chi connectivity index (χ2v) is 6.44. The number of likely N-dealkylation sites (tertiary alicyclic amines) is 1. The third-order valence-corrected chi connectivity index (χ3v) is 5.29. The molecule has 0 amide bonds. The Morgan fingerprint density at radius 2 is 2.24 bits per heavy atom. The summed E-state index contributed by atoms with van der Waals surface area (Å²) in [5, 5.41) is 9.78. The maximum atomic E-state index is 9.78. The van der Waals surface area contributed by atoms with Crippen molar-refractivity contribution in [2.45, 2.75) is 50.0 Å². The molecule has 1 N–H and O–H groups in total. The number of fused-ring (bicyclic) bond motifs is 2. The summed E-state index contributed by atoms with van der Waals surface area (Å²) in [6.07, 6.45) is 9.53.